The highest BCUT2D eigenvalue weighted by molar-refractivity contribution is 9.10. The second-order valence-electron chi connectivity index (χ2n) is 5.67. The van der Waals surface area contributed by atoms with Crippen LogP contribution in [-0.2, 0) is 10.0 Å². The molecule has 112 valence electrons. The van der Waals surface area contributed by atoms with Gasteiger partial charge in [0.2, 0.25) is 10.0 Å². The molecule has 0 saturated heterocycles. The van der Waals surface area contributed by atoms with E-state index in [1.165, 1.54) is 6.42 Å². The Kier molecular flexibility index (Phi) is 5.32. The van der Waals surface area contributed by atoms with Gasteiger partial charge in [0.1, 0.15) is 0 Å². The van der Waals surface area contributed by atoms with E-state index in [1.54, 1.807) is 24.3 Å². The molecule has 0 aliphatic heterocycles. The number of halogens is 2. The van der Waals surface area contributed by atoms with Gasteiger partial charge >= 0.3 is 0 Å². The summed E-state index contributed by atoms with van der Waals surface area (Å²) in [4.78, 5) is 0.319. The quantitative estimate of drug-likeness (QED) is 0.740. The lowest BCUT2D eigenvalue weighted by Crippen LogP contribution is -2.52. The van der Waals surface area contributed by atoms with Crippen LogP contribution in [-0.4, -0.2) is 19.3 Å². The summed E-state index contributed by atoms with van der Waals surface area (Å²) in [6.45, 7) is 2.19. The van der Waals surface area contributed by atoms with Gasteiger partial charge in [0.05, 0.1) is 4.90 Å². The first-order valence-electron chi connectivity index (χ1n) is 6.72. The van der Waals surface area contributed by atoms with E-state index in [9.17, 15) is 8.42 Å². The molecule has 0 amide bonds. The zero-order valence-electron chi connectivity index (χ0n) is 11.4. The maximum absolute atomic E-state index is 12.5. The monoisotopic (exact) mass is 423 g/mol. The number of nitrogens with one attached hydrogen (secondary N) is 1. The summed E-state index contributed by atoms with van der Waals surface area (Å²) in [5.41, 5.74) is -0.358. The summed E-state index contributed by atoms with van der Waals surface area (Å²) in [6, 6.07) is 6.75. The number of hydrogen-bond acceptors (Lipinski definition) is 2. The van der Waals surface area contributed by atoms with E-state index in [0.29, 0.717) is 16.1 Å². The van der Waals surface area contributed by atoms with Gasteiger partial charge in [0.25, 0.3) is 0 Å². The third-order valence-electron chi connectivity index (χ3n) is 3.82. The molecule has 1 fully saturated rings. The van der Waals surface area contributed by atoms with Gasteiger partial charge in [0.15, 0.2) is 0 Å². The topological polar surface area (TPSA) is 46.2 Å². The fourth-order valence-corrected chi connectivity index (χ4v) is 5.40. The molecular formula is C14H19Br2NO2S. The van der Waals surface area contributed by atoms with E-state index in [-0.39, 0.29) is 5.54 Å². The maximum atomic E-state index is 12.5. The van der Waals surface area contributed by atoms with E-state index in [4.69, 9.17) is 0 Å². The standard InChI is InChI=1S/C14H19Br2NO2S/c1-11-3-2-8-14(9-11,10-15)17-20(18,19)13-6-4-12(16)5-7-13/h4-7,11,17H,2-3,8-10H2,1H3. The second kappa shape index (κ2) is 6.46. The number of benzene rings is 1. The van der Waals surface area contributed by atoms with Gasteiger partial charge < -0.3 is 0 Å². The van der Waals surface area contributed by atoms with E-state index in [2.05, 4.69) is 43.5 Å². The molecule has 1 N–H and O–H groups in total. The molecule has 1 aliphatic rings. The van der Waals surface area contributed by atoms with Crippen molar-refractivity contribution < 1.29 is 8.42 Å². The van der Waals surface area contributed by atoms with Gasteiger partial charge in [-0.05, 0) is 43.0 Å². The Morgan fingerprint density at radius 2 is 2.00 bits per heavy atom. The van der Waals surface area contributed by atoms with E-state index < -0.39 is 10.0 Å². The summed E-state index contributed by atoms with van der Waals surface area (Å²) in [6.07, 6.45) is 4.01. The average molecular weight is 425 g/mol. The minimum Gasteiger partial charge on any atom is -0.207 e. The first kappa shape index (κ1) is 16.5. The van der Waals surface area contributed by atoms with Crippen molar-refractivity contribution in [3.05, 3.63) is 28.7 Å². The van der Waals surface area contributed by atoms with Crippen LogP contribution in [0.2, 0.25) is 0 Å². The van der Waals surface area contributed by atoms with Crippen molar-refractivity contribution in [1.82, 2.24) is 4.72 Å². The van der Waals surface area contributed by atoms with E-state index in [1.807, 2.05) is 0 Å². The first-order valence-corrected chi connectivity index (χ1v) is 10.1. The highest BCUT2D eigenvalue weighted by atomic mass is 79.9. The molecule has 0 bridgehead atoms. The molecule has 6 heteroatoms. The van der Waals surface area contributed by atoms with E-state index in [0.717, 1.165) is 23.7 Å². The fraction of sp³-hybridized carbons (Fsp3) is 0.571. The molecule has 1 aromatic rings. The third kappa shape index (κ3) is 3.84. The zero-order chi connectivity index (χ0) is 14.8. The molecule has 20 heavy (non-hydrogen) atoms. The smallest absolute Gasteiger partial charge is 0.207 e. The van der Waals surface area contributed by atoms with Crippen LogP contribution in [0, 0.1) is 5.92 Å². The second-order valence-corrected chi connectivity index (χ2v) is 8.83. The maximum Gasteiger partial charge on any atom is 0.241 e. The SMILES string of the molecule is CC1CCCC(CBr)(NS(=O)(=O)c2ccc(Br)cc2)C1. The van der Waals surface area contributed by atoms with Gasteiger partial charge in [0, 0.05) is 15.3 Å². The Morgan fingerprint density at radius 3 is 2.55 bits per heavy atom. The van der Waals surface area contributed by atoms with E-state index >= 15 is 0 Å². The molecule has 0 heterocycles. The molecule has 0 aromatic heterocycles. The van der Waals surface area contributed by atoms with Gasteiger partial charge in [-0.15, -0.1) is 0 Å². The predicted molar refractivity (Wildman–Crippen MR) is 88.6 cm³/mol. The van der Waals surface area contributed by atoms with Crippen molar-refractivity contribution in [2.75, 3.05) is 5.33 Å². The van der Waals surface area contributed by atoms with Crippen LogP contribution in [0.5, 0.6) is 0 Å². The lowest BCUT2D eigenvalue weighted by atomic mass is 9.78. The van der Waals surface area contributed by atoms with Gasteiger partial charge in [-0.3, -0.25) is 0 Å². The molecule has 2 unspecified atom stereocenters. The van der Waals surface area contributed by atoms with Gasteiger partial charge in [-0.25, -0.2) is 13.1 Å². The lowest BCUT2D eigenvalue weighted by molar-refractivity contribution is 0.241. The Labute approximate surface area is 137 Å². The Bertz CT molecular complexity index is 559. The Balaban J connectivity index is 2.23. The van der Waals surface area contributed by atoms with Crippen LogP contribution in [0.4, 0.5) is 0 Å². The normalized spacial score (nSPS) is 27.4. The van der Waals surface area contributed by atoms with Crippen LogP contribution in [0.15, 0.2) is 33.6 Å². The minimum absolute atomic E-state index is 0.319. The Hall–Kier alpha value is 0.0900. The average Bonchev–Trinajstić information content (AvgIpc) is 2.38. The van der Waals surface area contributed by atoms with Crippen molar-refractivity contribution in [3.8, 4) is 0 Å². The molecular weight excluding hydrogens is 406 g/mol. The highest BCUT2D eigenvalue weighted by Crippen LogP contribution is 2.34. The summed E-state index contributed by atoms with van der Waals surface area (Å²) in [7, 11) is -3.47. The first-order chi connectivity index (χ1) is 9.37. The molecule has 1 aromatic carbocycles. The number of hydrogen-bond donors (Lipinski definition) is 1. The zero-order valence-corrected chi connectivity index (χ0v) is 15.4. The van der Waals surface area contributed by atoms with Crippen LogP contribution in [0.3, 0.4) is 0 Å². The van der Waals surface area contributed by atoms with Crippen LogP contribution >= 0.6 is 31.9 Å². The van der Waals surface area contributed by atoms with Gasteiger partial charge in [-0.1, -0.05) is 51.6 Å². The molecule has 0 radical (unpaired) electrons. The fourth-order valence-electron chi connectivity index (χ4n) is 2.86. The van der Waals surface area contributed by atoms with Gasteiger partial charge in [-0.2, -0.15) is 0 Å². The van der Waals surface area contributed by atoms with Crippen molar-refractivity contribution in [2.24, 2.45) is 5.92 Å². The van der Waals surface area contributed by atoms with Crippen molar-refractivity contribution >= 4 is 41.9 Å². The minimum atomic E-state index is -3.47. The van der Waals surface area contributed by atoms with Crippen molar-refractivity contribution in [2.45, 2.75) is 43.0 Å². The molecule has 1 aliphatic carbocycles. The Morgan fingerprint density at radius 1 is 1.35 bits per heavy atom. The summed E-state index contributed by atoms with van der Waals surface area (Å²) in [5.74, 6) is 0.550. The largest absolute Gasteiger partial charge is 0.241 e. The third-order valence-corrected chi connectivity index (χ3v) is 7.02. The molecule has 2 rings (SSSR count). The molecule has 0 spiro atoms. The van der Waals surface area contributed by atoms with Crippen molar-refractivity contribution in [1.29, 1.82) is 0 Å². The van der Waals surface area contributed by atoms with Crippen molar-refractivity contribution in [3.63, 3.8) is 0 Å². The number of rotatable bonds is 4. The van der Waals surface area contributed by atoms with Crippen LogP contribution in [0.1, 0.15) is 32.6 Å². The number of alkyl halides is 1. The number of sulfonamides is 1. The molecule has 3 nitrogen and oxygen atoms in total. The summed E-state index contributed by atoms with van der Waals surface area (Å²) < 4.78 is 28.9. The highest BCUT2D eigenvalue weighted by Gasteiger charge is 2.37. The summed E-state index contributed by atoms with van der Waals surface area (Å²) >= 11 is 6.82. The molecule has 2 atom stereocenters. The molecule has 1 saturated carbocycles. The van der Waals surface area contributed by atoms with Crippen LogP contribution < -0.4 is 4.72 Å². The van der Waals surface area contributed by atoms with Crippen LogP contribution in [0.25, 0.3) is 0 Å². The lowest BCUT2D eigenvalue weighted by Gasteiger charge is -2.39. The predicted octanol–water partition coefficient (Wildman–Crippen LogP) is 4.07. The summed E-state index contributed by atoms with van der Waals surface area (Å²) in [5, 5.41) is 0.653.